The molecular formula is C33H40FN5O2. The van der Waals surface area contributed by atoms with Crippen LogP contribution in [0.5, 0.6) is 0 Å². The molecule has 4 heterocycles. The van der Waals surface area contributed by atoms with E-state index in [1.165, 1.54) is 5.57 Å². The number of rotatable bonds is 4. The molecule has 0 bridgehead atoms. The number of nitrogens with zero attached hydrogens (tertiary/aromatic N) is 4. The van der Waals surface area contributed by atoms with E-state index in [1.54, 1.807) is 18.3 Å². The minimum Gasteiger partial charge on any atom is -0.459 e. The van der Waals surface area contributed by atoms with Crippen molar-refractivity contribution in [3.8, 4) is 6.07 Å². The lowest BCUT2D eigenvalue weighted by Gasteiger charge is -2.41. The summed E-state index contributed by atoms with van der Waals surface area (Å²) in [5.74, 6) is -1.24. The van der Waals surface area contributed by atoms with Gasteiger partial charge in [-0.15, -0.1) is 0 Å². The average molecular weight is 558 g/mol. The van der Waals surface area contributed by atoms with E-state index in [-0.39, 0.29) is 29.8 Å². The molecular weight excluding hydrogens is 517 g/mol. The second kappa shape index (κ2) is 10.8. The molecule has 216 valence electrons. The predicted octanol–water partition coefficient (Wildman–Crippen LogP) is 5.35. The van der Waals surface area contributed by atoms with Gasteiger partial charge in [0.05, 0.1) is 23.5 Å². The number of carbonyl (C=O) groups excluding carboxylic acids is 1. The Morgan fingerprint density at radius 2 is 2.05 bits per heavy atom. The van der Waals surface area contributed by atoms with Crippen LogP contribution in [0.1, 0.15) is 70.6 Å². The molecule has 3 aliphatic heterocycles. The Morgan fingerprint density at radius 3 is 2.73 bits per heavy atom. The Kier molecular flexibility index (Phi) is 7.27. The van der Waals surface area contributed by atoms with Gasteiger partial charge in [-0.3, -0.25) is 14.7 Å². The number of allylic oxidation sites excluding steroid dienone is 1. The molecule has 0 saturated heterocycles. The molecule has 2 aliphatic carbocycles. The zero-order chi connectivity index (χ0) is 28.9. The molecule has 0 aromatic carbocycles. The van der Waals surface area contributed by atoms with E-state index in [0.717, 1.165) is 68.5 Å². The van der Waals surface area contributed by atoms with Gasteiger partial charge >= 0.3 is 5.97 Å². The standard InChI is InChI=1S/C33H40FN5O2/c1-33(2,3)41-32(40)25(18-35)20-7-9-23(10-8-20)39-14-11-21(12-15-39)27-17-28-29-22(19-38(28)4)16-26(34)24-6-5-13-36-30(24)31(29)37-27/h5-6,11,13,16,19-20,23,25,27-28,37H,7-10,12,14-15,17H2,1-4H3. The van der Waals surface area contributed by atoms with E-state index in [9.17, 15) is 10.1 Å². The summed E-state index contributed by atoms with van der Waals surface area (Å²) in [6.45, 7) is 7.43. The van der Waals surface area contributed by atoms with E-state index in [1.807, 2.05) is 26.8 Å². The number of carbonyl (C=O) groups is 1. The molecule has 0 amide bonds. The molecule has 6 rings (SSSR count). The molecule has 7 nitrogen and oxygen atoms in total. The van der Waals surface area contributed by atoms with Crippen LogP contribution in [0.2, 0.25) is 0 Å². The Morgan fingerprint density at radius 1 is 1.27 bits per heavy atom. The fraction of sp³-hybridized carbons (Fsp3) is 0.545. The van der Waals surface area contributed by atoms with Gasteiger partial charge in [0.2, 0.25) is 0 Å². The molecule has 0 spiro atoms. The van der Waals surface area contributed by atoms with Gasteiger partial charge in [-0.1, -0.05) is 6.08 Å². The summed E-state index contributed by atoms with van der Waals surface area (Å²) in [5.41, 5.74) is 5.10. The van der Waals surface area contributed by atoms with Gasteiger partial charge in [0.15, 0.2) is 0 Å². The second-order valence-electron chi connectivity index (χ2n) is 13.1. The minimum atomic E-state index is -0.685. The van der Waals surface area contributed by atoms with Crippen molar-refractivity contribution in [3.63, 3.8) is 0 Å². The number of halogens is 1. The van der Waals surface area contributed by atoms with Gasteiger partial charge in [-0.2, -0.15) is 5.26 Å². The van der Waals surface area contributed by atoms with Crippen molar-refractivity contribution in [1.82, 2.24) is 20.1 Å². The Labute approximate surface area is 242 Å². The van der Waals surface area contributed by atoms with Crippen LogP contribution < -0.4 is 5.32 Å². The Balaban J connectivity index is 1.11. The van der Waals surface area contributed by atoms with Crippen LogP contribution in [0.4, 0.5) is 4.39 Å². The maximum atomic E-state index is 15.2. The van der Waals surface area contributed by atoms with Crippen molar-refractivity contribution in [3.05, 3.63) is 64.7 Å². The number of ether oxygens (including phenoxy) is 1. The van der Waals surface area contributed by atoms with Gasteiger partial charge in [-0.05, 0) is 89.0 Å². The largest absolute Gasteiger partial charge is 0.459 e. The molecule has 8 heteroatoms. The van der Waals surface area contributed by atoms with Gasteiger partial charge in [0.25, 0.3) is 0 Å². The fourth-order valence-corrected chi connectivity index (χ4v) is 7.34. The number of nitriles is 1. The van der Waals surface area contributed by atoms with Crippen LogP contribution in [0.3, 0.4) is 0 Å². The minimum absolute atomic E-state index is 0.0631. The summed E-state index contributed by atoms with van der Waals surface area (Å²) in [6.07, 6.45) is 13.5. The normalized spacial score (nSPS) is 28.7. The van der Waals surface area contributed by atoms with Gasteiger partial charge in [-0.25, -0.2) is 4.39 Å². The number of aromatic nitrogens is 1. The Bertz CT molecular complexity index is 1390. The zero-order valence-corrected chi connectivity index (χ0v) is 24.5. The van der Waals surface area contributed by atoms with Crippen LogP contribution in [-0.2, 0) is 9.53 Å². The first-order valence-electron chi connectivity index (χ1n) is 15.0. The number of hydrogen-bond acceptors (Lipinski definition) is 7. The van der Waals surface area contributed by atoms with Crippen molar-refractivity contribution >= 4 is 17.5 Å². The number of hydrogen-bond donors (Lipinski definition) is 1. The number of esters is 1. The first kappa shape index (κ1) is 27.7. The summed E-state index contributed by atoms with van der Waals surface area (Å²) in [7, 11) is 2.08. The van der Waals surface area contributed by atoms with Crippen LogP contribution in [0.15, 0.2) is 53.4 Å². The van der Waals surface area contributed by atoms with Crippen molar-refractivity contribution in [2.24, 2.45) is 11.8 Å². The summed E-state index contributed by atoms with van der Waals surface area (Å²) in [5, 5.41) is 13.5. The molecule has 3 atom stereocenters. The quantitative estimate of drug-likeness (QED) is 0.395. The van der Waals surface area contributed by atoms with Crippen LogP contribution in [-0.4, -0.2) is 64.6 Å². The Hall–Kier alpha value is -3.44. The van der Waals surface area contributed by atoms with Crippen molar-refractivity contribution in [2.45, 2.75) is 83.0 Å². The van der Waals surface area contributed by atoms with Crippen LogP contribution >= 0.6 is 0 Å². The monoisotopic (exact) mass is 557 g/mol. The van der Waals surface area contributed by atoms with Crippen LogP contribution in [0.25, 0.3) is 11.5 Å². The molecule has 0 radical (unpaired) electrons. The van der Waals surface area contributed by atoms with Crippen molar-refractivity contribution in [1.29, 1.82) is 5.26 Å². The SMILES string of the molecule is CN1C=C2C=C(F)c3cccnc3C3=C2C1CC(C1=CCN(C2CCC(C(C#N)C(=O)OC(C)(C)C)CC2)CC1)N3. The average Bonchev–Trinajstić information content (AvgIpc) is 3.21. The molecule has 1 saturated carbocycles. The molecule has 5 aliphatic rings. The van der Waals surface area contributed by atoms with E-state index >= 15 is 4.39 Å². The number of likely N-dealkylation sites (N-methyl/N-ethyl adjacent to an activating group) is 1. The lowest BCUT2D eigenvalue weighted by atomic mass is 9.78. The lowest BCUT2D eigenvalue weighted by Crippen LogP contribution is -2.46. The highest BCUT2D eigenvalue weighted by Gasteiger charge is 2.41. The fourth-order valence-electron chi connectivity index (χ4n) is 7.34. The van der Waals surface area contributed by atoms with Gasteiger partial charge in [0, 0.05) is 61.3 Å². The smallest absolute Gasteiger partial charge is 0.324 e. The topological polar surface area (TPSA) is 81.5 Å². The van der Waals surface area contributed by atoms with Gasteiger partial charge < -0.3 is 15.0 Å². The van der Waals surface area contributed by atoms with Gasteiger partial charge in [0.1, 0.15) is 17.3 Å². The summed E-state index contributed by atoms with van der Waals surface area (Å²) in [4.78, 5) is 22.0. The third kappa shape index (κ3) is 5.32. The van der Waals surface area contributed by atoms with Crippen LogP contribution in [0, 0.1) is 23.2 Å². The second-order valence-corrected chi connectivity index (χ2v) is 13.1. The highest BCUT2D eigenvalue weighted by molar-refractivity contribution is 5.85. The van der Waals surface area contributed by atoms with E-state index in [2.05, 4.69) is 45.5 Å². The first-order chi connectivity index (χ1) is 19.6. The molecule has 1 aromatic rings. The molecule has 3 unspecified atom stereocenters. The molecule has 41 heavy (non-hydrogen) atoms. The number of nitrogens with one attached hydrogen (secondary N) is 1. The maximum absolute atomic E-state index is 15.2. The van der Waals surface area contributed by atoms with Crippen molar-refractivity contribution < 1.29 is 13.9 Å². The number of pyridine rings is 1. The number of fused-ring (bicyclic) bond motifs is 2. The summed E-state index contributed by atoms with van der Waals surface area (Å²) in [6, 6.07) is 6.67. The summed E-state index contributed by atoms with van der Waals surface area (Å²) >= 11 is 0. The zero-order valence-electron chi connectivity index (χ0n) is 24.5. The molecule has 1 N–H and O–H groups in total. The molecule has 1 fully saturated rings. The maximum Gasteiger partial charge on any atom is 0.324 e. The van der Waals surface area contributed by atoms with Crippen molar-refractivity contribution in [2.75, 3.05) is 20.1 Å². The van der Waals surface area contributed by atoms with E-state index in [0.29, 0.717) is 17.3 Å². The molecule has 1 aromatic heterocycles. The lowest BCUT2D eigenvalue weighted by molar-refractivity contribution is -0.160. The summed E-state index contributed by atoms with van der Waals surface area (Å²) < 4.78 is 20.7. The highest BCUT2D eigenvalue weighted by atomic mass is 19.1. The third-order valence-corrected chi connectivity index (χ3v) is 9.36. The van der Waals surface area contributed by atoms with E-state index in [4.69, 9.17) is 4.74 Å². The first-order valence-corrected chi connectivity index (χ1v) is 15.0. The highest BCUT2D eigenvalue weighted by Crippen LogP contribution is 2.44. The third-order valence-electron chi connectivity index (χ3n) is 9.36. The predicted molar refractivity (Wildman–Crippen MR) is 156 cm³/mol. The van der Waals surface area contributed by atoms with E-state index < -0.39 is 11.5 Å².